The fraction of sp³-hybridized carbons (Fsp3) is 0.500. The van der Waals surface area contributed by atoms with Gasteiger partial charge in [-0.05, 0) is 37.5 Å². The number of amides is 1. The zero-order chi connectivity index (χ0) is 16.1. The third-order valence-electron chi connectivity index (χ3n) is 3.58. The number of benzene rings is 1. The molecule has 22 heavy (non-hydrogen) atoms. The van der Waals surface area contributed by atoms with Crippen LogP contribution < -0.4 is 10.2 Å². The molecule has 0 spiro atoms. The number of aliphatic hydroxyl groups is 1. The SMILES string of the molecule is Cc1cc(C2=NNC(=O)CC2C)cc(Cl)c1OCCCCO. The van der Waals surface area contributed by atoms with Crippen molar-refractivity contribution in [2.75, 3.05) is 13.2 Å². The van der Waals surface area contributed by atoms with Gasteiger partial charge in [0.2, 0.25) is 5.91 Å². The van der Waals surface area contributed by atoms with Gasteiger partial charge in [0.15, 0.2) is 0 Å². The first kappa shape index (κ1) is 16.8. The molecule has 1 unspecified atom stereocenters. The summed E-state index contributed by atoms with van der Waals surface area (Å²) in [6.07, 6.45) is 1.92. The maximum atomic E-state index is 11.3. The van der Waals surface area contributed by atoms with Crippen molar-refractivity contribution in [1.82, 2.24) is 5.43 Å². The van der Waals surface area contributed by atoms with E-state index in [1.54, 1.807) is 0 Å². The number of rotatable bonds is 6. The number of unbranched alkanes of at least 4 members (excludes halogenated alkanes) is 1. The Morgan fingerprint density at radius 1 is 1.45 bits per heavy atom. The summed E-state index contributed by atoms with van der Waals surface area (Å²) >= 11 is 6.33. The smallest absolute Gasteiger partial charge is 0.240 e. The van der Waals surface area contributed by atoms with E-state index in [0.717, 1.165) is 23.3 Å². The van der Waals surface area contributed by atoms with E-state index >= 15 is 0 Å². The zero-order valence-electron chi connectivity index (χ0n) is 12.9. The van der Waals surface area contributed by atoms with E-state index in [1.807, 2.05) is 26.0 Å². The molecule has 1 amide bonds. The van der Waals surface area contributed by atoms with Crippen molar-refractivity contribution < 1.29 is 14.6 Å². The van der Waals surface area contributed by atoms with Crippen LogP contribution in [0.25, 0.3) is 0 Å². The number of aryl methyl sites for hydroxylation is 1. The van der Waals surface area contributed by atoms with Gasteiger partial charge in [0.05, 0.1) is 17.3 Å². The van der Waals surface area contributed by atoms with Crippen LogP contribution in [0.4, 0.5) is 0 Å². The highest BCUT2D eigenvalue weighted by atomic mass is 35.5. The molecule has 1 aliphatic rings. The van der Waals surface area contributed by atoms with Crippen molar-refractivity contribution in [2.24, 2.45) is 11.0 Å². The standard InChI is InChI=1S/C16H21ClN2O3/c1-10-8-14(21)18-19-15(10)12-7-11(2)16(13(17)9-12)22-6-4-3-5-20/h7,9-10,20H,3-6,8H2,1-2H3,(H,18,21). The summed E-state index contributed by atoms with van der Waals surface area (Å²) in [5.41, 5.74) is 5.17. The molecule has 0 saturated carbocycles. The van der Waals surface area contributed by atoms with Crippen LogP contribution in [0.2, 0.25) is 5.02 Å². The summed E-state index contributed by atoms with van der Waals surface area (Å²) in [4.78, 5) is 11.3. The Morgan fingerprint density at radius 3 is 2.86 bits per heavy atom. The van der Waals surface area contributed by atoms with Crippen molar-refractivity contribution in [3.05, 3.63) is 28.3 Å². The average molecular weight is 325 g/mol. The minimum Gasteiger partial charge on any atom is -0.492 e. The van der Waals surface area contributed by atoms with Crippen LogP contribution in [-0.2, 0) is 4.79 Å². The highest BCUT2D eigenvalue weighted by Crippen LogP contribution is 2.31. The molecule has 1 heterocycles. The predicted octanol–water partition coefficient (Wildman–Crippen LogP) is 2.66. The third-order valence-corrected chi connectivity index (χ3v) is 3.86. The van der Waals surface area contributed by atoms with E-state index in [0.29, 0.717) is 30.2 Å². The first-order valence-corrected chi connectivity index (χ1v) is 7.81. The molecular weight excluding hydrogens is 304 g/mol. The van der Waals surface area contributed by atoms with Crippen LogP contribution in [0.15, 0.2) is 17.2 Å². The highest BCUT2D eigenvalue weighted by Gasteiger charge is 2.23. The van der Waals surface area contributed by atoms with Gasteiger partial charge in [-0.3, -0.25) is 4.79 Å². The second-order valence-corrected chi connectivity index (χ2v) is 5.93. The maximum absolute atomic E-state index is 11.3. The summed E-state index contributed by atoms with van der Waals surface area (Å²) in [6.45, 7) is 4.59. The van der Waals surface area contributed by atoms with Crippen LogP contribution in [0.5, 0.6) is 5.75 Å². The zero-order valence-corrected chi connectivity index (χ0v) is 13.6. The van der Waals surface area contributed by atoms with Crippen molar-refractivity contribution in [1.29, 1.82) is 0 Å². The lowest BCUT2D eigenvalue weighted by Gasteiger charge is -2.20. The van der Waals surface area contributed by atoms with Gasteiger partial charge in [-0.1, -0.05) is 18.5 Å². The van der Waals surface area contributed by atoms with Gasteiger partial charge in [-0.2, -0.15) is 5.10 Å². The van der Waals surface area contributed by atoms with Crippen LogP contribution in [0.1, 0.15) is 37.3 Å². The van der Waals surface area contributed by atoms with Gasteiger partial charge in [0.1, 0.15) is 5.75 Å². The van der Waals surface area contributed by atoms with E-state index in [1.165, 1.54) is 0 Å². The monoisotopic (exact) mass is 324 g/mol. The van der Waals surface area contributed by atoms with Gasteiger partial charge in [0.25, 0.3) is 0 Å². The van der Waals surface area contributed by atoms with E-state index in [-0.39, 0.29) is 18.4 Å². The quantitative estimate of drug-likeness (QED) is 0.790. The van der Waals surface area contributed by atoms with Gasteiger partial charge in [-0.25, -0.2) is 5.43 Å². The molecule has 120 valence electrons. The van der Waals surface area contributed by atoms with Crippen LogP contribution >= 0.6 is 11.6 Å². The number of hydrogen-bond acceptors (Lipinski definition) is 4. The second kappa shape index (κ2) is 7.61. The maximum Gasteiger partial charge on any atom is 0.240 e. The summed E-state index contributed by atoms with van der Waals surface area (Å²) in [6, 6.07) is 3.79. The van der Waals surface area contributed by atoms with E-state index in [4.69, 9.17) is 21.4 Å². The normalized spacial score (nSPS) is 17.9. The van der Waals surface area contributed by atoms with Gasteiger partial charge < -0.3 is 9.84 Å². The highest BCUT2D eigenvalue weighted by molar-refractivity contribution is 6.32. The molecule has 0 fully saturated rings. The lowest BCUT2D eigenvalue weighted by Crippen LogP contribution is -2.32. The number of carbonyl (C=O) groups is 1. The van der Waals surface area contributed by atoms with Crippen molar-refractivity contribution in [3.63, 3.8) is 0 Å². The molecule has 1 aromatic rings. The fourth-order valence-electron chi connectivity index (χ4n) is 2.45. The fourth-order valence-corrected chi connectivity index (χ4v) is 2.77. The molecule has 1 atom stereocenters. The predicted molar refractivity (Wildman–Crippen MR) is 86.5 cm³/mol. The molecule has 0 radical (unpaired) electrons. The topological polar surface area (TPSA) is 70.9 Å². The van der Waals surface area contributed by atoms with Crippen molar-refractivity contribution in [3.8, 4) is 5.75 Å². The van der Waals surface area contributed by atoms with Crippen molar-refractivity contribution >= 4 is 23.2 Å². The summed E-state index contributed by atoms with van der Waals surface area (Å²) in [5, 5.41) is 13.5. The molecule has 2 N–H and O–H groups in total. The Labute approximate surface area is 135 Å². The summed E-state index contributed by atoms with van der Waals surface area (Å²) in [5.74, 6) is 0.653. The molecule has 0 aliphatic carbocycles. The molecule has 0 bridgehead atoms. The lowest BCUT2D eigenvalue weighted by atomic mass is 9.93. The number of carbonyl (C=O) groups excluding carboxylic acids is 1. The molecular formula is C16H21ClN2O3. The first-order valence-electron chi connectivity index (χ1n) is 7.43. The Bertz CT molecular complexity index is 564. The second-order valence-electron chi connectivity index (χ2n) is 5.52. The van der Waals surface area contributed by atoms with E-state index in [9.17, 15) is 4.79 Å². The van der Waals surface area contributed by atoms with Gasteiger partial charge >= 0.3 is 0 Å². The number of hydrogen-bond donors (Lipinski definition) is 2. The average Bonchev–Trinajstić information content (AvgIpc) is 2.45. The number of ether oxygens (including phenoxy) is 1. The van der Waals surface area contributed by atoms with Crippen LogP contribution in [0.3, 0.4) is 0 Å². The largest absolute Gasteiger partial charge is 0.492 e. The number of aliphatic hydroxyl groups excluding tert-OH is 1. The summed E-state index contributed by atoms with van der Waals surface area (Å²) < 4.78 is 5.70. The number of hydrazone groups is 1. The number of nitrogens with zero attached hydrogens (tertiary/aromatic N) is 1. The Kier molecular flexibility index (Phi) is 5.80. The van der Waals surface area contributed by atoms with Crippen LogP contribution in [-0.4, -0.2) is 29.9 Å². The summed E-state index contributed by atoms with van der Waals surface area (Å²) in [7, 11) is 0. The molecule has 1 aromatic carbocycles. The number of halogens is 1. The molecule has 2 rings (SSSR count). The van der Waals surface area contributed by atoms with E-state index < -0.39 is 0 Å². The molecule has 0 aromatic heterocycles. The van der Waals surface area contributed by atoms with Gasteiger partial charge in [-0.15, -0.1) is 0 Å². The molecule has 1 aliphatic heterocycles. The van der Waals surface area contributed by atoms with Crippen LogP contribution in [0, 0.1) is 12.8 Å². The molecule has 5 nitrogen and oxygen atoms in total. The Hall–Kier alpha value is -1.59. The lowest BCUT2D eigenvalue weighted by molar-refractivity contribution is -0.121. The Morgan fingerprint density at radius 2 is 2.23 bits per heavy atom. The molecule has 6 heteroatoms. The van der Waals surface area contributed by atoms with E-state index in [2.05, 4.69) is 10.5 Å². The van der Waals surface area contributed by atoms with Gasteiger partial charge in [0, 0.05) is 24.5 Å². The number of nitrogens with one attached hydrogen (secondary N) is 1. The minimum atomic E-state index is -0.0668. The minimum absolute atomic E-state index is 0.0561. The van der Waals surface area contributed by atoms with Crippen molar-refractivity contribution in [2.45, 2.75) is 33.1 Å². The molecule has 0 saturated heterocycles. The first-order chi connectivity index (χ1) is 10.5. The Balaban J connectivity index is 2.17. The third kappa shape index (κ3) is 3.99.